The molecule has 0 heterocycles. The van der Waals surface area contributed by atoms with Gasteiger partial charge in [-0.05, 0) is 19.3 Å². The van der Waals surface area contributed by atoms with Crippen molar-refractivity contribution in [3.63, 3.8) is 0 Å². The third-order valence-corrected chi connectivity index (χ3v) is 2.97. The Morgan fingerprint density at radius 1 is 1.32 bits per heavy atom. The maximum Gasteiger partial charge on any atom is 0.275 e. The predicted molar refractivity (Wildman–Crippen MR) is 76.8 cm³/mol. The first-order valence-corrected chi connectivity index (χ1v) is 6.62. The Kier molecular flexibility index (Phi) is 5.60. The minimum Gasteiger partial charge on any atom is -0.493 e. The molecule has 5 heteroatoms. The number of nitro groups is 1. The molecule has 0 aliphatic carbocycles. The Bertz CT molecular complexity index is 433. The third kappa shape index (κ3) is 4.77. The van der Waals surface area contributed by atoms with Crippen LogP contribution in [0.4, 0.5) is 11.4 Å². The summed E-state index contributed by atoms with van der Waals surface area (Å²) in [5.74, 6) is 0.980. The summed E-state index contributed by atoms with van der Waals surface area (Å²) in [5, 5.41) is 14.2. The van der Waals surface area contributed by atoms with Crippen molar-refractivity contribution in [2.24, 2.45) is 5.92 Å². The SMILES string of the molecule is CCCOc1cc(NC(C)C(C)C)cc([N+](=O)[O-])c1. The molecule has 0 fully saturated rings. The van der Waals surface area contributed by atoms with Crippen LogP contribution in [0.2, 0.25) is 0 Å². The van der Waals surface area contributed by atoms with Crippen molar-refractivity contribution >= 4 is 11.4 Å². The van der Waals surface area contributed by atoms with Gasteiger partial charge in [0.2, 0.25) is 0 Å². The molecule has 1 N–H and O–H groups in total. The molecular weight excluding hydrogens is 244 g/mol. The van der Waals surface area contributed by atoms with Crippen molar-refractivity contribution in [2.75, 3.05) is 11.9 Å². The zero-order chi connectivity index (χ0) is 14.4. The van der Waals surface area contributed by atoms with Gasteiger partial charge in [0.05, 0.1) is 17.6 Å². The van der Waals surface area contributed by atoms with Gasteiger partial charge in [-0.1, -0.05) is 20.8 Å². The van der Waals surface area contributed by atoms with Crippen LogP contribution in [0.5, 0.6) is 5.75 Å². The normalized spacial score (nSPS) is 12.3. The van der Waals surface area contributed by atoms with Crippen molar-refractivity contribution in [3.8, 4) is 5.75 Å². The predicted octanol–water partition coefficient (Wildman–Crippen LogP) is 3.84. The van der Waals surface area contributed by atoms with Gasteiger partial charge >= 0.3 is 0 Å². The lowest BCUT2D eigenvalue weighted by Gasteiger charge is -2.19. The Morgan fingerprint density at radius 2 is 2.00 bits per heavy atom. The molecule has 19 heavy (non-hydrogen) atoms. The number of ether oxygens (including phenoxy) is 1. The van der Waals surface area contributed by atoms with E-state index in [9.17, 15) is 10.1 Å². The van der Waals surface area contributed by atoms with Gasteiger partial charge in [0.1, 0.15) is 5.75 Å². The number of rotatable bonds is 7. The highest BCUT2D eigenvalue weighted by Gasteiger charge is 2.13. The number of nitrogens with zero attached hydrogens (tertiary/aromatic N) is 1. The van der Waals surface area contributed by atoms with E-state index in [1.165, 1.54) is 12.1 Å². The monoisotopic (exact) mass is 266 g/mol. The van der Waals surface area contributed by atoms with E-state index in [1.54, 1.807) is 0 Å². The number of nitrogens with one attached hydrogen (secondary N) is 1. The quantitative estimate of drug-likeness (QED) is 0.601. The first kappa shape index (κ1) is 15.3. The van der Waals surface area contributed by atoms with Gasteiger partial charge in [0, 0.05) is 23.9 Å². The lowest BCUT2D eigenvalue weighted by molar-refractivity contribution is -0.384. The van der Waals surface area contributed by atoms with Crippen LogP contribution in [0.25, 0.3) is 0 Å². The molecule has 0 amide bonds. The van der Waals surface area contributed by atoms with Gasteiger partial charge in [-0.15, -0.1) is 0 Å². The zero-order valence-corrected chi connectivity index (χ0v) is 12.0. The van der Waals surface area contributed by atoms with Crippen LogP contribution in [0.1, 0.15) is 34.1 Å². The molecule has 0 saturated carbocycles. The molecule has 0 radical (unpaired) electrons. The Labute approximate surface area is 114 Å². The fourth-order valence-electron chi connectivity index (χ4n) is 1.50. The van der Waals surface area contributed by atoms with E-state index in [4.69, 9.17) is 4.74 Å². The van der Waals surface area contributed by atoms with E-state index in [1.807, 2.05) is 13.0 Å². The first-order chi connectivity index (χ1) is 8.93. The molecule has 1 rings (SSSR count). The van der Waals surface area contributed by atoms with Crippen LogP contribution in [-0.4, -0.2) is 17.6 Å². The topological polar surface area (TPSA) is 64.4 Å². The van der Waals surface area contributed by atoms with Crippen LogP contribution < -0.4 is 10.1 Å². The summed E-state index contributed by atoms with van der Waals surface area (Å²) in [6.07, 6.45) is 0.869. The molecule has 1 unspecified atom stereocenters. The summed E-state index contributed by atoms with van der Waals surface area (Å²) in [4.78, 5) is 10.5. The Hall–Kier alpha value is -1.78. The summed E-state index contributed by atoms with van der Waals surface area (Å²) in [6.45, 7) is 8.81. The molecule has 1 aromatic carbocycles. The fraction of sp³-hybridized carbons (Fsp3) is 0.571. The molecule has 0 aromatic heterocycles. The molecule has 0 saturated heterocycles. The standard InChI is InChI=1S/C14H22N2O3/c1-5-6-19-14-8-12(15-11(4)10(2)3)7-13(9-14)16(17)18/h7-11,15H,5-6H2,1-4H3. The number of nitro benzene ring substituents is 1. The number of hydrogen-bond acceptors (Lipinski definition) is 4. The third-order valence-electron chi connectivity index (χ3n) is 2.97. The maximum absolute atomic E-state index is 10.9. The van der Waals surface area contributed by atoms with Crippen LogP contribution in [0.15, 0.2) is 18.2 Å². The summed E-state index contributed by atoms with van der Waals surface area (Å²) < 4.78 is 5.48. The van der Waals surface area contributed by atoms with Crippen molar-refractivity contribution in [2.45, 2.75) is 40.2 Å². The summed E-state index contributed by atoms with van der Waals surface area (Å²) >= 11 is 0. The van der Waals surface area contributed by atoms with Crippen molar-refractivity contribution < 1.29 is 9.66 Å². The average Bonchev–Trinajstić information content (AvgIpc) is 2.35. The van der Waals surface area contributed by atoms with Crippen LogP contribution in [-0.2, 0) is 0 Å². The molecule has 1 aromatic rings. The molecule has 0 bridgehead atoms. The van der Waals surface area contributed by atoms with Gasteiger partial charge in [0.15, 0.2) is 0 Å². The Balaban J connectivity index is 2.95. The van der Waals surface area contributed by atoms with Gasteiger partial charge in [0.25, 0.3) is 5.69 Å². The second-order valence-electron chi connectivity index (χ2n) is 5.00. The number of benzene rings is 1. The Morgan fingerprint density at radius 3 is 2.53 bits per heavy atom. The summed E-state index contributed by atoms with van der Waals surface area (Å²) in [5.41, 5.74) is 0.772. The van der Waals surface area contributed by atoms with E-state index >= 15 is 0 Å². The van der Waals surface area contributed by atoms with Crippen molar-refractivity contribution in [1.29, 1.82) is 0 Å². The molecule has 0 aliphatic heterocycles. The molecule has 0 aliphatic rings. The smallest absolute Gasteiger partial charge is 0.275 e. The minimum absolute atomic E-state index is 0.0482. The summed E-state index contributed by atoms with van der Waals surface area (Å²) in [7, 11) is 0. The second kappa shape index (κ2) is 6.97. The van der Waals surface area contributed by atoms with E-state index in [2.05, 4.69) is 26.1 Å². The highest BCUT2D eigenvalue weighted by atomic mass is 16.6. The highest BCUT2D eigenvalue weighted by Crippen LogP contribution is 2.27. The van der Waals surface area contributed by atoms with Crippen LogP contribution in [0, 0.1) is 16.0 Å². The fourth-order valence-corrected chi connectivity index (χ4v) is 1.50. The molecule has 0 spiro atoms. The number of non-ortho nitro benzene ring substituents is 1. The van der Waals surface area contributed by atoms with Crippen LogP contribution >= 0.6 is 0 Å². The largest absolute Gasteiger partial charge is 0.493 e. The minimum atomic E-state index is -0.399. The van der Waals surface area contributed by atoms with Crippen LogP contribution in [0.3, 0.4) is 0 Å². The van der Waals surface area contributed by atoms with Gasteiger partial charge in [-0.25, -0.2) is 0 Å². The highest BCUT2D eigenvalue weighted by molar-refractivity contribution is 5.56. The lowest BCUT2D eigenvalue weighted by Crippen LogP contribution is -2.21. The van der Waals surface area contributed by atoms with E-state index in [0.717, 1.165) is 12.1 Å². The maximum atomic E-state index is 10.9. The number of anilines is 1. The van der Waals surface area contributed by atoms with Crippen molar-refractivity contribution in [3.05, 3.63) is 28.3 Å². The summed E-state index contributed by atoms with van der Waals surface area (Å²) in [6, 6.07) is 5.04. The first-order valence-electron chi connectivity index (χ1n) is 6.62. The van der Waals surface area contributed by atoms with E-state index < -0.39 is 4.92 Å². The molecular formula is C14H22N2O3. The second-order valence-corrected chi connectivity index (χ2v) is 5.00. The average molecular weight is 266 g/mol. The molecule has 5 nitrogen and oxygen atoms in total. The van der Waals surface area contributed by atoms with E-state index in [0.29, 0.717) is 18.3 Å². The number of hydrogen-bond donors (Lipinski definition) is 1. The molecule has 106 valence electrons. The van der Waals surface area contributed by atoms with Gasteiger partial charge < -0.3 is 10.1 Å². The van der Waals surface area contributed by atoms with Gasteiger partial charge in [-0.2, -0.15) is 0 Å². The molecule has 1 atom stereocenters. The van der Waals surface area contributed by atoms with E-state index in [-0.39, 0.29) is 11.7 Å². The van der Waals surface area contributed by atoms with Gasteiger partial charge in [-0.3, -0.25) is 10.1 Å². The van der Waals surface area contributed by atoms with Crippen molar-refractivity contribution in [1.82, 2.24) is 0 Å². The zero-order valence-electron chi connectivity index (χ0n) is 12.0. The lowest BCUT2D eigenvalue weighted by atomic mass is 10.1.